The van der Waals surface area contributed by atoms with Gasteiger partial charge >= 0.3 is 0 Å². The second-order valence-corrected chi connectivity index (χ2v) is 2.75. The molecule has 2 unspecified atom stereocenters. The highest BCUT2D eigenvalue weighted by molar-refractivity contribution is 5.20. The average Bonchev–Trinajstić information content (AvgIpc) is 2.21. The lowest BCUT2D eigenvalue weighted by molar-refractivity contribution is 0.154. The first kappa shape index (κ1) is 9.72. The van der Waals surface area contributed by atoms with Gasteiger partial charge in [-0.05, 0) is 12.6 Å². The summed E-state index contributed by atoms with van der Waals surface area (Å²) in [4.78, 5) is 0. The average molecular weight is 176 g/mol. The van der Waals surface area contributed by atoms with Crippen LogP contribution in [0.4, 0.5) is 0 Å². The minimum Gasteiger partial charge on any atom is -0.386 e. The first-order chi connectivity index (χ1) is 6.29. The Balaban J connectivity index is 2.79. The van der Waals surface area contributed by atoms with E-state index in [2.05, 4.69) is 5.32 Å². The zero-order chi connectivity index (χ0) is 9.68. The van der Waals surface area contributed by atoms with E-state index in [-0.39, 0.29) is 0 Å². The third-order valence-corrected chi connectivity index (χ3v) is 1.91. The monoisotopic (exact) mass is 176 g/mol. The molecule has 0 aromatic heterocycles. The molecule has 0 aliphatic carbocycles. The number of nitrogens with zero attached hydrogens (tertiary/aromatic N) is 1. The lowest BCUT2D eigenvalue weighted by Gasteiger charge is -2.15. The molecule has 2 atom stereocenters. The Morgan fingerprint density at radius 2 is 2.00 bits per heavy atom. The minimum absolute atomic E-state index is 0.553. The Hall–Kier alpha value is -1.37. The predicted molar refractivity (Wildman–Crippen MR) is 49.9 cm³/mol. The van der Waals surface area contributed by atoms with Gasteiger partial charge in [-0.15, -0.1) is 0 Å². The van der Waals surface area contributed by atoms with Crippen LogP contribution in [-0.4, -0.2) is 18.2 Å². The SMILES string of the molecule is CNC(C#N)C(O)c1ccccc1. The number of nitriles is 1. The molecule has 0 bridgehead atoms. The van der Waals surface area contributed by atoms with Crippen LogP contribution < -0.4 is 5.32 Å². The molecular formula is C10H12N2O. The molecular weight excluding hydrogens is 164 g/mol. The van der Waals surface area contributed by atoms with E-state index in [0.29, 0.717) is 0 Å². The lowest BCUT2D eigenvalue weighted by atomic mass is 10.0. The van der Waals surface area contributed by atoms with Crippen molar-refractivity contribution in [2.24, 2.45) is 0 Å². The van der Waals surface area contributed by atoms with Crippen LogP contribution in [0.1, 0.15) is 11.7 Å². The van der Waals surface area contributed by atoms with Gasteiger partial charge in [-0.2, -0.15) is 5.26 Å². The van der Waals surface area contributed by atoms with Crippen LogP contribution in [0.2, 0.25) is 0 Å². The van der Waals surface area contributed by atoms with Crippen molar-refractivity contribution in [3.05, 3.63) is 35.9 Å². The maximum atomic E-state index is 9.70. The van der Waals surface area contributed by atoms with E-state index in [4.69, 9.17) is 5.26 Å². The highest BCUT2D eigenvalue weighted by atomic mass is 16.3. The third kappa shape index (κ3) is 2.28. The van der Waals surface area contributed by atoms with Crippen LogP contribution in [0, 0.1) is 11.3 Å². The molecule has 1 aromatic rings. The molecule has 0 amide bonds. The number of benzene rings is 1. The van der Waals surface area contributed by atoms with E-state index in [9.17, 15) is 5.11 Å². The van der Waals surface area contributed by atoms with Crippen molar-refractivity contribution in [1.29, 1.82) is 5.26 Å². The van der Waals surface area contributed by atoms with Crippen molar-refractivity contribution in [3.8, 4) is 6.07 Å². The summed E-state index contributed by atoms with van der Waals surface area (Å²) in [7, 11) is 1.65. The summed E-state index contributed by atoms with van der Waals surface area (Å²) in [6, 6.07) is 10.6. The smallest absolute Gasteiger partial charge is 0.125 e. The Morgan fingerprint density at radius 3 is 2.46 bits per heavy atom. The van der Waals surface area contributed by atoms with E-state index >= 15 is 0 Å². The van der Waals surface area contributed by atoms with Crippen LogP contribution in [0.3, 0.4) is 0 Å². The van der Waals surface area contributed by atoms with E-state index < -0.39 is 12.1 Å². The summed E-state index contributed by atoms with van der Waals surface area (Å²) >= 11 is 0. The van der Waals surface area contributed by atoms with Gasteiger partial charge in [-0.3, -0.25) is 0 Å². The van der Waals surface area contributed by atoms with E-state index in [1.54, 1.807) is 19.2 Å². The van der Waals surface area contributed by atoms with Crippen LogP contribution in [0.15, 0.2) is 30.3 Å². The van der Waals surface area contributed by atoms with Crippen molar-refractivity contribution in [1.82, 2.24) is 5.32 Å². The summed E-state index contributed by atoms with van der Waals surface area (Å²) in [5, 5.41) is 21.1. The van der Waals surface area contributed by atoms with E-state index in [1.807, 2.05) is 24.3 Å². The summed E-state index contributed by atoms with van der Waals surface area (Å²) in [6.07, 6.45) is -0.767. The second-order valence-electron chi connectivity index (χ2n) is 2.75. The number of rotatable bonds is 3. The Kier molecular flexibility index (Phi) is 3.44. The van der Waals surface area contributed by atoms with E-state index in [1.165, 1.54) is 0 Å². The van der Waals surface area contributed by atoms with Gasteiger partial charge in [0.05, 0.1) is 6.07 Å². The van der Waals surface area contributed by atoms with Crippen molar-refractivity contribution in [3.63, 3.8) is 0 Å². The molecule has 2 N–H and O–H groups in total. The van der Waals surface area contributed by atoms with Crippen LogP contribution in [-0.2, 0) is 0 Å². The number of nitrogens with one attached hydrogen (secondary N) is 1. The summed E-state index contributed by atoms with van der Waals surface area (Å²) in [5.74, 6) is 0. The molecule has 3 nitrogen and oxygen atoms in total. The molecule has 13 heavy (non-hydrogen) atoms. The molecule has 0 aliphatic rings. The van der Waals surface area contributed by atoms with Gasteiger partial charge in [0.1, 0.15) is 12.1 Å². The Labute approximate surface area is 77.6 Å². The maximum absolute atomic E-state index is 9.70. The predicted octanol–water partition coefficient (Wildman–Crippen LogP) is 0.832. The van der Waals surface area contributed by atoms with Crippen LogP contribution in [0.5, 0.6) is 0 Å². The molecule has 0 saturated heterocycles. The fraction of sp³-hybridized carbons (Fsp3) is 0.300. The highest BCUT2D eigenvalue weighted by Gasteiger charge is 2.17. The largest absolute Gasteiger partial charge is 0.386 e. The Morgan fingerprint density at radius 1 is 1.38 bits per heavy atom. The number of likely N-dealkylation sites (N-methyl/N-ethyl adjacent to an activating group) is 1. The van der Waals surface area contributed by atoms with Crippen LogP contribution >= 0.6 is 0 Å². The summed E-state index contributed by atoms with van der Waals surface area (Å²) in [6.45, 7) is 0. The molecule has 1 rings (SSSR count). The number of hydrogen-bond donors (Lipinski definition) is 2. The molecule has 3 heteroatoms. The van der Waals surface area contributed by atoms with Crippen molar-refractivity contribution in [2.75, 3.05) is 7.05 Å². The molecule has 68 valence electrons. The second kappa shape index (κ2) is 4.61. The molecule has 0 aliphatic heterocycles. The van der Waals surface area contributed by atoms with Crippen molar-refractivity contribution < 1.29 is 5.11 Å². The standard InChI is InChI=1S/C10H12N2O/c1-12-9(7-11)10(13)8-5-3-2-4-6-8/h2-6,9-10,12-13H,1H3. The van der Waals surface area contributed by atoms with Gasteiger partial charge < -0.3 is 10.4 Å². The number of aliphatic hydroxyl groups is 1. The Bertz CT molecular complexity index is 292. The zero-order valence-corrected chi connectivity index (χ0v) is 7.44. The first-order valence-electron chi connectivity index (χ1n) is 4.09. The highest BCUT2D eigenvalue weighted by Crippen LogP contribution is 2.15. The van der Waals surface area contributed by atoms with Gasteiger partial charge in [0.15, 0.2) is 0 Å². The van der Waals surface area contributed by atoms with Crippen molar-refractivity contribution in [2.45, 2.75) is 12.1 Å². The number of aliphatic hydroxyl groups excluding tert-OH is 1. The van der Waals surface area contributed by atoms with Crippen LogP contribution in [0.25, 0.3) is 0 Å². The van der Waals surface area contributed by atoms with Gasteiger partial charge in [-0.1, -0.05) is 30.3 Å². The molecule has 0 heterocycles. The molecule has 0 radical (unpaired) electrons. The minimum atomic E-state index is -0.767. The zero-order valence-electron chi connectivity index (χ0n) is 7.44. The fourth-order valence-electron chi connectivity index (χ4n) is 1.14. The molecule has 0 saturated carbocycles. The molecule has 0 fully saturated rings. The summed E-state index contributed by atoms with van der Waals surface area (Å²) in [5.41, 5.74) is 0.753. The third-order valence-electron chi connectivity index (χ3n) is 1.91. The lowest BCUT2D eigenvalue weighted by Crippen LogP contribution is -2.30. The van der Waals surface area contributed by atoms with Gasteiger partial charge in [0.2, 0.25) is 0 Å². The van der Waals surface area contributed by atoms with Gasteiger partial charge in [0.25, 0.3) is 0 Å². The van der Waals surface area contributed by atoms with Gasteiger partial charge in [0, 0.05) is 0 Å². The number of hydrogen-bond acceptors (Lipinski definition) is 3. The van der Waals surface area contributed by atoms with Crippen molar-refractivity contribution >= 4 is 0 Å². The van der Waals surface area contributed by atoms with E-state index in [0.717, 1.165) is 5.56 Å². The fourth-order valence-corrected chi connectivity index (χ4v) is 1.14. The normalized spacial score (nSPS) is 14.5. The first-order valence-corrected chi connectivity index (χ1v) is 4.09. The quantitative estimate of drug-likeness (QED) is 0.717. The molecule has 0 spiro atoms. The molecule has 1 aromatic carbocycles. The summed E-state index contributed by atoms with van der Waals surface area (Å²) < 4.78 is 0. The van der Waals surface area contributed by atoms with Gasteiger partial charge in [-0.25, -0.2) is 0 Å². The maximum Gasteiger partial charge on any atom is 0.125 e. The topological polar surface area (TPSA) is 56.0 Å².